The van der Waals surface area contributed by atoms with Crippen LogP contribution in [0.25, 0.3) is 0 Å². The first-order chi connectivity index (χ1) is 9.38. The van der Waals surface area contributed by atoms with Gasteiger partial charge in [0, 0.05) is 17.0 Å². The van der Waals surface area contributed by atoms with Crippen LogP contribution in [0, 0.1) is 6.92 Å². The fourth-order valence-corrected chi connectivity index (χ4v) is 5.11. The first-order valence-electron chi connectivity index (χ1n) is 6.79. The second kappa shape index (κ2) is 5.95. The summed E-state index contributed by atoms with van der Waals surface area (Å²) in [6.45, 7) is 2.27. The average molecular weight is 314 g/mol. The number of hydrogen-bond acceptors (Lipinski definition) is 4. The number of sulfonamides is 1. The van der Waals surface area contributed by atoms with Crippen molar-refractivity contribution < 1.29 is 8.42 Å². The molecule has 20 heavy (non-hydrogen) atoms. The van der Waals surface area contributed by atoms with Crippen LogP contribution in [0.1, 0.15) is 31.2 Å². The highest BCUT2D eigenvalue weighted by Crippen LogP contribution is 2.39. The summed E-state index contributed by atoms with van der Waals surface area (Å²) in [5.74, 6) is 0. The van der Waals surface area contributed by atoms with Gasteiger partial charge in [-0.1, -0.05) is 12.8 Å². The molecule has 0 unspecified atom stereocenters. The Balaban J connectivity index is 2.15. The Kier molecular flexibility index (Phi) is 4.66. The summed E-state index contributed by atoms with van der Waals surface area (Å²) in [4.78, 5) is 0.320. The molecule has 0 saturated heterocycles. The quantitative estimate of drug-likeness (QED) is 0.819. The molecule has 0 spiro atoms. The van der Waals surface area contributed by atoms with Crippen LogP contribution in [0.3, 0.4) is 0 Å². The van der Waals surface area contributed by atoms with Crippen molar-refractivity contribution in [2.24, 2.45) is 0 Å². The lowest BCUT2D eigenvalue weighted by Crippen LogP contribution is -2.38. The molecule has 1 fully saturated rings. The Hall–Kier alpha value is -0.720. The highest BCUT2D eigenvalue weighted by molar-refractivity contribution is 8.00. The van der Waals surface area contributed by atoms with E-state index in [4.69, 9.17) is 5.73 Å². The second-order valence-electron chi connectivity index (χ2n) is 5.44. The average Bonchev–Trinajstić information content (AvgIpc) is 2.85. The van der Waals surface area contributed by atoms with Crippen LogP contribution in [0.5, 0.6) is 0 Å². The fourth-order valence-electron chi connectivity index (χ4n) is 2.75. The lowest BCUT2D eigenvalue weighted by atomic mass is 10.1. The van der Waals surface area contributed by atoms with Gasteiger partial charge in [0.1, 0.15) is 0 Å². The standard InChI is InChI=1S/C14H22N2O2S2/c1-11-9-12(15)5-6-13(11)20(17,18)16-10-14(19-2)7-3-4-8-14/h5-6,9,16H,3-4,7-8,10,15H2,1-2H3. The molecule has 0 bridgehead atoms. The predicted octanol–water partition coefficient (Wildman–Crippen LogP) is 2.53. The normalized spacial score (nSPS) is 18.3. The molecule has 6 heteroatoms. The molecule has 1 aromatic carbocycles. The van der Waals surface area contributed by atoms with Crippen LogP contribution < -0.4 is 10.5 Å². The Labute approximate surface area is 125 Å². The number of rotatable bonds is 5. The lowest BCUT2D eigenvalue weighted by molar-refractivity contribution is 0.551. The van der Waals surface area contributed by atoms with E-state index in [2.05, 4.69) is 11.0 Å². The van der Waals surface area contributed by atoms with Gasteiger partial charge in [-0.2, -0.15) is 11.8 Å². The maximum Gasteiger partial charge on any atom is 0.240 e. The smallest absolute Gasteiger partial charge is 0.240 e. The van der Waals surface area contributed by atoms with Gasteiger partial charge in [-0.15, -0.1) is 0 Å². The van der Waals surface area contributed by atoms with E-state index in [1.165, 1.54) is 12.8 Å². The topological polar surface area (TPSA) is 72.2 Å². The molecule has 1 aliphatic carbocycles. The largest absolute Gasteiger partial charge is 0.399 e. The van der Waals surface area contributed by atoms with Gasteiger partial charge < -0.3 is 5.73 Å². The van der Waals surface area contributed by atoms with Crippen LogP contribution in [0.4, 0.5) is 5.69 Å². The van der Waals surface area contributed by atoms with Gasteiger partial charge in [0.25, 0.3) is 0 Å². The molecule has 3 N–H and O–H groups in total. The number of thioether (sulfide) groups is 1. The van der Waals surface area contributed by atoms with Gasteiger partial charge in [-0.05, 0) is 49.8 Å². The molecule has 4 nitrogen and oxygen atoms in total. The Morgan fingerprint density at radius 3 is 2.55 bits per heavy atom. The minimum atomic E-state index is -3.46. The van der Waals surface area contributed by atoms with Gasteiger partial charge in [0.05, 0.1) is 4.90 Å². The van der Waals surface area contributed by atoms with Crippen LogP contribution in [-0.4, -0.2) is 26.0 Å². The monoisotopic (exact) mass is 314 g/mol. The number of nitrogens with one attached hydrogen (secondary N) is 1. The first-order valence-corrected chi connectivity index (χ1v) is 9.50. The molecular weight excluding hydrogens is 292 g/mol. The molecule has 0 heterocycles. The van der Waals surface area contributed by atoms with Crippen molar-refractivity contribution >= 4 is 27.5 Å². The first kappa shape index (κ1) is 15.7. The number of aryl methyl sites for hydroxylation is 1. The molecule has 0 aliphatic heterocycles. The summed E-state index contributed by atoms with van der Waals surface area (Å²) in [7, 11) is -3.46. The van der Waals surface area contributed by atoms with E-state index < -0.39 is 10.0 Å². The summed E-state index contributed by atoms with van der Waals surface area (Å²) in [6, 6.07) is 4.89. The zero-order valence-corrected chi connectivity index (χ0v) is 13.6. The van der Waals surface area contributed by atoms with Gasteiger partial charge >= 0.3 is 0 Å². The van der Waals surface area contributed by atoms with Crippen molar-refractivity contribution in [2.75, 3.05) is 18.5 Å². The summed E-state index contributed by atoms with van der Waals surface area (Å²) in [5, 5.41) is 0. The molecule has 1 saturated carbocycles. The van der Waals surface area contributed by atoms with Crippen molar-refractivity contribution in [3.63, 3.8) is 0 Å². The highest BCUT2D eigenvalue weighted by Gasteiger charge is 2.34. The lowest BCUT2D eigenvalue weighted by Gasteiger charge is -2.27. The zero-order chi connectivity index (χ0) is 14.8. The van der Waals surface area contributed by atoms with Gasteiger partial charge in [-0.3, -0.25) is 0 Å². The summed E-state index contributed by atoms with van der Waals surface area (Å²) >= 11 is 1.78. The van der Waals surface area contributed by atoms with Crippen molar-refractivity contribution in [1.29, 1.82) is 0 Å². The molecule has 0 atom stereocenters. The van der Waals surface area contributed by atoms with E-state index in [0.29, 0.717) is 22.7 Å². The van der Waals surface area contributed by atoms with Crippen LogP contribution >= 0.6 is 11.8 Å². The van der Waals surface area contributed by atoms with Gasteiger partial charge in [0.15, 0.2) is 0 Å². The SMILES string of the molecule is CSC1(CNS(=O)(=O)c2ccc(N)cc2C)CCCC1. The highest BCUT2D eigenvalue weighted by atomic mass is 32.2. The van der Waals surface area contributed by atoms with Crippen LogP contribution in [-0.2, 0) is 10.0 Å². The van der Waals surface area contributed by atoms with E-state index in [9.17, 15) is 8.42 Å². The number of nitrogen functional groups attached to an aromatic ring is 1. The van der Waals surface area contributed by atoms with Gasteiger partial charge in [-0.25, -0.2) is 13.1 Å². The van der Waals surface area contributed by atoms with E-state index in [1.807, 2.05) is 0 Å². The molecule has 112 valence electrons. The number of nitrogens with two attached hydrogens (primary N) is 1. The third-order valence-corrected chi connectivity index (χ3v) is 7.00. The van der Waals surface area contributed by atoms with Gasteiger partial charge in [0.2, 0.25) is 10.0 Å². The van der Waals surface area contributed by atoms with Crippen molar-refractivity contribution in [3.05, 3.63) is 23.8 Å². The Morgan fingerprint density at radius 1 is 1.35 bits per heavy atom. The van der Waals surface area contributed by atoms with E-state index in [1.54, 1.807) is 36.9 Å². The molecule has 0 aromatic heterocycles. The summed E-state index contributed by atoms with van der Waals surface area (Å²) < 4.78 is 27.7. The Bertz CT molecular complexity index is 579. The molecule has 0 amide bonds. The number of anilines is 1. The van der Waals surface area contributed by atoms with Crippen molar-refractivity contribution in [3.8, 4) is 0 Å². The fraction of sp³-hybridized carbons (Fsp3) is 0.571. The summed E-state index contributed by atoms with van der Waals surface area (Å²) in [6.07, 6.45) is 6.59. The van der Waals surface area contributed by atoms with Crippen LogP contribution in [0.15, 0.2) is 23.1 Å². The number of hydrogen-bond donors (Lipinski definition) is 2. The molecule has 1 aromatic rings. The zero-order valence-electron chi connectivity index (χ0n) is 12.0. The molecule has 0 radical (unpaired) electrons. The third kappa shape index (κ3) is 3.30. The molecule has 2 rings (SSSR count). The van der Waals surface area contributed by atoms with Crippen LogP contribution in [0.2, 0.25) is 0 Å². The summed E-state index contributed by atoms with van der Waals surface area (Å²) in [5.41, 5.74) is 6.93. The van der Waals surface area contributed by atoms with E-state index in [-0.39, 0.29) is 4.75 Å². The maximum absolute atomic E-state index is 12.4. The predicted molar refractivity (Wildman–Crippen MR) is 85.5 cm³/mol. The second-order valence-corrected chi connectivity index (χ2v) is 8.45. The minimum absolute atomic E-state index is 0.0643. The molecule has 1 aliphatic rings. The minimum Gasteiger partial charge on any atom is -0.399 e. The number of benzene rings is 1. The third-order valence-electron chi connectivity index (χ3n) is 4.02. The Morgan fingerprint density at radius 2 is 2.00 bits per heavy atom. The van der Waals surface area contributed by atoms with Crippen molar-refractivity contribution in [2.45, 2.75) is 42.2 Å². The van der Waals surface area contributed by atoms with E-state index in [0.717, 1.165) is 12.8 Å². The maximum atomic E-state index is 12.4. The molecular formula is C14H22N2O2S2. The van der Waals surface area contributed by atoms with E-state index >= 15 is 0 Å². The van der Waals surface area contributed by atoms with Crippen molar-refractivity contribution in [1.82, 2.24) is 4.72 Å².